The maximum Gasteiger partial charge on any atom is 0.329 e. The zero-order valence-electron chi connectivity index (χ0n) is 12.2. The van der Waals surface area contributed by atoms with Gasteiger partial charge in [0.05, 0.1) is 0 Å². The molecule has 0 heterocycles. The van der Waals surface area contributed by atoms with Gasteiger partial charge in [-0.25, -0.2) is 9.59 Å². The Kier molecular flexibility index (Phi) is 7.36. The lowest BCUT2D eigenvalue weighted by atomic mass is 9.98. The van der Waals surface area contributed by atoms with E-state index in [2.05, 4.69) is 17.6 Å². The van der Waals surface area contributed by atoms with Gasteiger partial charge in [0.25, 0.3) is 0 Å². The van der Waals surface area contributed by atoms with E-state index in [-0.39, 0.29) is 0 Å². The fourth-order valence-electron chi connectivity index (χ4n) is 2.36. The predicted molar refractivity (Wildman–Crippen MR) is 75.7 cm³/mol. The van der Waals surface area contributed by atoms with Crippen LogP contribution in [0.4, 0.5) is 4.79 Å². The lowest BCUT2D eigenvalue weighted by molar-refractivity contribution is -0.144. The van der Waals surface area contributed by atoms with Crippen molar-refractivity contribution in [2.24, 2.45) is 0 Å². The molecule has 0 aromatic heterocycles. The molecule has 20 heavy (non-hydrogen) atoms. The molecular formula is C14H26N2O4. The fraction of sp³-hybridized carbons (Fsp3) is 0.857. The molecule has 0 saturated heterocycles. The van der Waals surface area contributed by atoms with Crippen molar-refractivity contribution in [3.05, 3.63) is 0 Å². The Morgan fingerprint density at radius 2 is 1.85 bits per heavy atom. The molecule has 1 saturated carbocycles. The summed E-state index contributed by atoms with van der Waals surface area (Å²) in [5.41, 5.74) is -1.07. The number of urea groups is 1. The lowest BCUT2D eigenvalue weighted by Crippen LogP contribution is -2.55. The molecule has 6 nitrogen and oxygen atoms in total. The van der Waals surface area contributed by atoms with Gasteiger partial charge in [-0.1, -0.05) is 26.2 Å². The van der Waals surface area contributed by atoms with Crippen LogP contribution < -0.4 is 10.6 Å². The third kappa shape index (κ3) is 5.36. The van der Waals surface area contributed by atoms with Gasteiger partial charge in [0.15, 0.2) is 0 Å². The monoisotopic (exact) mass is 286 g/mol. The molecule has 1 fully saturated rings. The predicted octanol–water partition coefficient (Wildman–Crippen LogP) is 1.89. The molecule has 1 aliphatic carbocycles. The quantitative estimate of drug-likeness (QED) is 0.565. The largest absolute Gasteiger partial charge is 0.480 e. The summed E-state index contributed by atoms with van der Waals surface area (Å²) >= 11 is 0. The maximum atomic E-state index is 11.7. The fourth-order valence-corrected chi connectivity index (χ4v) is 2.36. The maximum absolute atomic E-state index is 11.7. The van der Waals surface area contributed by atoms with Gasteiger partial charge in [-0.2, -0.15) is 0 Å². The van der Waals surface area contributed by atoms with Gasteiger partial charge in [-0.15, -0.1) is 0 Å². The van der Waals surface area contributed by atoms with E-state index in [9.17, 15) is 14.7 Å². The van der Waals surface area contributed by atoms with Crippen LogP contribution in [0, 0.1) is 0 Å². The van der Waals surface area contributed by atoms with Crippen LogP contribution in [0.5, 0.6) is 0 Å². The van der Waals surface area contributed by atoms with Gasteiger partial charge in [-0.3, -0.25) is 0 Å². The number of carbonyl (C=O) groups excluding carboxylic acids is 1. The smallest absolute Gasteiger partial charge is 0.329 e. The summed E-state index contributed by atoms with van der Waals surface area (Å²) in [4.78, 5) is 23.0. The van der Waals surface area contributed by atoms with Crippen molar-refractivity contribution < 1.29 is 19.4 Å². The van der Waals surface area contributed by atoms with Gasteiger partial charge >= 0.3 is 12.0 Å². The minimum Gasteiger partial charge on any atom is -0.480 e. The first-order valence-electron chi connectivity index (χ1n) is 7.48. The van der Waals surface area contributed by atoms with Crippen molar-refractivity contribution in [3.63, 3.8) is 0 Å². The highest BCUT2D eigenvalue weighted by atomic mass is 16.5. The van der Waals surface area contributed by atoms with Crippen molar-refractivity contribution >= 4 is 12.0 Å². The molecule has 2 amide bonds. The van der Waals surface area contributed by atoms with Crippen LogP contribution >= 0.6 is 0 Å². The molecule has 0 aliphatic heterocycles. The molecule has 0 aromatic rings. The number of hydrogen-bond acceptors (Lipinski definition) is 3. The number of unbranched alkanes of at least 4 members (excludes halogenated alkanes) is 1. The lowest BCUT2D eigenvalue weighted by Gasteiger charge is -2.25. The number of rotatable bonds is 9. The van der Waals surface area contributed by atoms with E-state index in [0.717, 1.165) is 38.7 Å². The van der Waals surface area contributed by atoms with Crippen LogP contribution in [-0.2, 0) is 9.53 Å². The molecule has 116 valence electrons. The second kappa shape index (κ2) is 8.79. The Balaban J connectivity index is 2.15. The van der Waals surface area contributed by atoms with Crippen LogP contribution in [0.1, 0.15) is 51.9 Å². The minimum absolute atomic E-state index is 0.400. The first-order valence-corrected chi connectivity index (χ1v) is 7.48. The SMILES string of the molecule is CCCCOCCCNC(=O)NC1(C(=O)O)CCCC1. The molecule has 6 heteroatoms. The van der Waals surface area contributed by atoms with Gasteiger partial charge in [0, 0.05) is 19.8 Å². The highest BCUT2D eigenvalue weighted by Gasteiger charge is 2.42. The van der Waals surface area contributed by atoms with Crippen LogP contribution in [0.2, 0.25) is 0 Å². The third-order valence-electron chi connectivity index (χ3n) is 3.61. The van der Waals surface area contributed by atoms with Crippen LogP contribution in [0.25, 0.3) is 0 Å². The van der Waals surface area contributed by atoms with Crippen LogP contribution in [-0.4, -0.2) is 42.4 Å². The Bertz CT molecular complexity index is 314. The summed E-state index contributed by atoms with van der Waals surface area (Å²) in [6.45, 7) is 3.97. The average Bonchev–Trinajstić information content (AvgIpc) is 2.87. The molecule has 0 unspecified atom stereocenters. The molecule has 0 radical (unpaired) electrons. The number of nitrogens with one attached hydrogen (secondary N) is 2. The summed E-state index contributed by atoms with van der Waals surface area (Å²) in [5.74, 6) is -0.937. The topological polar surface area (TPSA) is 87.7 Å². The first-order chi connectivity index (χ1) is 9.60. The number of carbonyl (C=O) groups is 2. The van der Waals surface area contributed by atoms with Gasteiger partial charge in [0.1, 0.15) is 5.54 Å². The van der Waals surface area contributed by atoms with Crippen molar-refractivity contribution in [1.82, 2.24) is 10.6 Å². The number of carboxylic acid groups (broad SMARTS) is 1. The third-order valence-corrected chi connectivity index (χ3v) is 3.61. The molecular weight excluding hydrogens is 260 g/mol. The van der Waals surface area contributed by atoms with E-state index < -0.39 is 17.5 Å². The number of amides is 2. The van der Waals surface area contributed by atoms with Crippen molar-refractivity contribution in [2.75, 3.05) is 19.8 Å². The Hall–Kier alpha value is -1.30. The number of ether oxygens (including phenoxy) is 1. The second-order valence-corrected chi connectivity index (χ2v) is 5.29. The standard InChI is InChI=1S/C14H26N2O4/c1-2-3-10-20-11-6-9-15-13(19)16-14(12(17)18)7-4-5-8-14/h2-11H2,1H3,(H,17,18)(H2,15,16,19). The molecule has 0 bridgehead atoms. The number of aliphatic carboxylic acids is 1. The Morgan fingerprint density at radius 1 is 1.20 bits per heavy atom. The van der Waals surface area contributed by atoms with Crippen LogP contribution in [0.3, 0.4) is 0 Å². The van der Waals surface area contributed by atoms with E-state index in [1.54, 1.807) is 0 Å². The number of hydrogen-bond donors (Lipinski definition) is 3. The zero-order chi connectivity index (χ0) is 14.8. The molecule has 0 spiro atoms. The van der Waals surface area contributed by atoms with E-state index in [4.69, 9.17) is 4.74 Å². The summed E-state index contributed by atoms with van der Waals surface area (Å²) in [6.07, 6.45) is 5.60. The molecule has 3 N–H and O–H groups in total. The normalized spacial score (nSPS) is 16.9. The van der Waals surface area contributed by atoms with Gasteiger partial charge < -0.3 is 20.5 Å². The Labute approximate surface area is 120 Å². The van der Waals surface area contributed by atoms with Crippen molar-refractivity contribution in [3.8, 4) is 0 Å². The summed E-state index contributed by atoms with van der Waals surface area (Å²) in [6, 6.07) is -0.400. The average molecular weight is 286 g/mol. The molecule has 0 atom stereocenters. The van der Waals surface area contributed by atoms with Crippen LogP contribution in [0.15, 0.2) is 0 Å². The summed E-state index contributed by atoms with van der Waals surface area (Å²) in [5, 5.41) is 14.5. The molecule has 1 rings (SSSR count). The zero-order valence-corrected chi connectivity index (χ0v) is 12.2. The highest BCUT2D eigenvalue weighted by molar-refractivity contribution is 5.86. The first kappa shape index (κ1) is 16.8. The molecule has 0 aromatic carbocycles. The minimum atomic E-state index is -1.07. The molecule has 1 aliphatic rings. The highest BCUT2D eigenvalue weighted by Crippen LogP contribution is 2.29. The summed E-state index contributed by atoms with van der Waals surface area (Å²) in [7, 11) is 0. The van der Waals surface area contributed by atoms with E-state index in [1.165, 1.54) is 0 Å². The Morgan fingerprint density at radius 3 is 2.45 bits per heavy atom. The van der Waals surface area contributed by atoms with E-state index in [0.29, 0.717) is 26.0 Å². The number of carboxylic acids is 1. The van der Waals surface area contributed by atoms with Crippen molar-refractivity contribution in [2.45, 2.75) is 57.4 Å². The second-order valence-electron chi connectivity index (χ2n) is 5.29. The van der Waals surface area contributed by atoms with Gasteiger partial charge in [-0.05, 0) is 25.7 Å². The van der Waals surface area contributed by atoms with E-state index >= 15 is 0 Å². The summed E-state index contributed by atoms with van der Waals surface area (Å²) < 4.78 is 5.38. The van der Waals surface area contributed by atoms with E-state index in [1.807, 2.05) is 0 Å². The van der Waals surface area contributed by atoms with Crippen molar-refractivity contribution in [1.29, 1.82) is 0 Å². The van der Waals surface area contributed by atoms with Gasteiger partial charge in [0.2, 0.25) is 0 Å².